The number of hydrogen-bond acceptors (Lipinski definition) is 5. The van der Waals surface area contributed by atoms with Crippen LogP contribution < -0.4 is 10.3 Å². The first-order chi connectivity index (χ1) is 15.3. The molecule has 0 aliphatic rings. The standard InChI is InChI=1S/C25H27N3O4/c1-5-15-32-20-8-6-7-18(16-20)13-14-27(3)24(30)21-22(29)25(31)28(4)23(26-21)19-11-9-17(2)10-12-19/h5-12,16,29H,1,13-15H2,2-4H3. The van der Waals surface area contributed by atoms with E-state index in [0.717, 1.165) is 16.9 Å². The highest BCUT2D eigenvalue weighted by Gasteiger charge is 2.23. The van der Waals surface area contributed by atoms with Gasteiger partial charge in [0.2, 0.25) is 5.75 Å². The number of ether oxygens (including phenoxy) is 1. The molecule has 2 aromatic carbocycles. The van der Waals surface area contributed by atoms with Crippen LogP contribution in [0.2, 0.25) is 0 Å². The van der Waals surface area contributed by atoms with E-state index in [1.165, 1.54) is 16.5 Å². The van der Waals surface area contributed by atoms with Crippen molar-refractivity contribution in [3.63, 3.8) is 0 Å². The fraction of sp³-hybridized carbons (Fsp3) is 0.240. The molecule has 1 aromatic heterocycles. The molecule has 0 atom stereocenters. The van der Waals surface area contributed by atoms with Gasteiger partial charge < -0.3 is 14.7 Å². The van der Waals surface area contributed by atoms with Gasteiger partial charge in [-0.25, -0.2) is 4.98 Å². The van der Waals surface area contributed by atoms with Crippen LogP contribution in [0.4, 0.5) is 0 Å². The van der Waals surface area contributed by atoms with E-state index in [1.54, 1.807) is 13.1 Å². The molecule has 0 fully saturated rings. The first kappa shape index (κ1) is 22.8. The summed E-state index contributed by atoms with van der Waals surface area (Å²) in [4.78, 5) is 31.4. The van der Waals surface area contributed by atoms with Crippen molar-refractivity contribution in [1.82, 2.24) is 14.5 Å². The minimum Gasteiger partial charge on any atom is -0.501 e. The second-order valence-corrected chi connectivity index (χ2v) is 7.59. The van der Waals surface area contributed by atoms with Crippen LogP contribution in [0.1, 0.15) is 21.6 Å². The largest absolute Gasteiger partial charge is 0.501 e. The van der Waals surface area contributed by atoms with Crippen molar-refractivity contribution >= 4 is 5.91 Å². The number of amides is 1. The van der Waals surface area contributed by atoms with Gasteiger partial charge in [0, 0.05) is 26.2 Å². The Morgan fingerprint density at radius 1 is 1.25 bits per heavy atom. The summed E-state index contributed by atoms with van der Waals surface area (Å²) in [6.07, 6.45) is 2.25. The summed E-state index contributed by atoms with van der Waals surface area (Å²) in [5.74, 6) is -0.130. The Morgan fingerprint density at radius 3 is 2.66 bits per heavy atom. The first-order valence-electron chi connectivity index (χ1n) is 10.3. The van der Waals surface area contributed by atoms with E-state index in [1.807, 2.05) is 55.5 Å². The second-order valence-electron chi connectivity index (χ2n) is 7.59. The number of likely N-dealkylation sites (N-methyl/N-ethyl adjacent to an activating group) is 1. The van der Waals surface area contributed by atoms with Crippen molar-refractivity contribution in [3.8, 4) is 22.9 Å². The quantitative estimate of drug-likeness (QED) is 0.551. The molecule has 1 amide bonds. The highest BCUT2D eigenvalue weighted by Crippen LogP contribution is 2.21. The molecule has 3 rings (SSSR count). The summed E-state index contributed by atoms with van der Waals surface area (Å²) in [5, 5.41) is 10.3. The third kappa shape index (κ3) is 5.06. The number of aryl methyl sites for hydroxylation is 1. The average Bonchev–Trinajstić information content (AvgIpc) is 2.80. The van der Waals surface area contributed by atoms with Crippen molar-refractivity contribution in [1.29, 1.82) is 0 Å². The van der Waals surface area contributed by atoms with Gasteiger partial charge in [0.1, 0.15) is 18.2 Å². The highest BCUT2D eigenvalue weighted by molar-refractivity contribution is 5.95. The van der Waals surface area contributed by atoms with E-state index in [0.29, 0.717) is 31.0 Å². The molecule has 7 nitrogen and oxygen atoms in total. The number of benzene rings is 2. The van der Waals surface area contributed by atoms with Gasteiger partial charge in [0.05, 0.1) is 0 Å². The van der Waals surface area contributed by atoms with E-state index in [9.17, 15) is 14.7 Å². The lowest BCUT2D eigenvalue weighted by atomic mass is 10.1. The van der Waals surface area contributed by atoms with Gasteiger partial charge in [-0.2, -0.15) is 0 Å². The van der Waals surface area contributed by atoms with Crippen molar-refractivity contribution < 1.29 is 14.6 Å². The molecule has 0 saturated carbocycles. The lowest BCUT2D eigenvalue weighted by Crippen LogP contribution is -2.32. The topological polar surface area (TPSA) is 84.7 Å². The van der Waals surface area contributed by atoms with Crippen LogP contribution in [0.15, 0.2) is 66.0 Å². The molecular weight excluding hydrogens is 406 g/mol. The van der Waals surface area contributed by atoms with Crippen LogP contribution >= 0.6 is 0 Å². The number of carbonyl (C=O) groups is 1. The maximum Gasteiger partial charge on any atom is 0.296 e. The molecule has 0 spiro atoms. The summed E-state index contributed by atoms with van der Waals surface area (Å²) in [6, 6.07) is 15.0. The fourth-order valence-corrected chi connectivity index (χ4v) is 3.23. The van der Waals surface area contributed by atoms with E-state index in [4.69, 9.17) is 4.74 Å². The van der Waals surface area contributed by atoms with Gasteiger partial charge in [-0.3, -0.25) is 14.2 Å². The molecule has 0 radical (unpaired) electrons. The average molecular weight is 434 g/mol. The normalized spacial score (nSPS) is 10.6. The number of nitrogens with zero attached hydrogens (tertiary/aromatic N) is 3. The summed E-state index contributed by atoms with van der Waals surface area (Å²) >= 11 is 0. The Balaban J connectivity index is 1.81. The molecule has 7 heteroatoms. The summed E-state index contributed by atoms with van der Waals surface area (Å²) in [5.41, 5.74) is 1.82. The van der Waals surface area contributed by atoms with Crippen LogP contribution in [0.25, 0.3) is 11.4 Å². The molecule has 1 heterocycles. The predicted octanol–water partition coefficient (Wildman–Crippen LogP) is 3.34. The van der Waals surface area contributed by atoms with Crippen molar-refractivity contribution in [2.24, 2.45) is 7.05 Å². The van der Waals surface area contributed by atoms with E-state index in [2.05, 4.69) is 11.6 Å². The van der Waals surface area contributed by atoms with E-state index >= 15 is 0 Å². The van der Waals surface area contributed by atoms with Gasteiger partial charge in [-0.05, 0) is 31.0 Å². The summed E-state index contributed by atoms with van der Waals surface area (Å²) < 4.78 is 6.78. The van der Waals surface area contributed by atoms with Crippen molar-refractivity contribution in [3.05, 3.63) is 88.4 Å². The van der Waals surface area contributed by atoms with Crippen LogP contribution in [0, 0.1) is 6.92 Å². The van der Waals surface area contributed by atoms with Gasteiger partial charge in [-0.1, -0.05) is 54.6 Å². The Kier molecular flexibility index (Phi) is 7.10. The number of rotatable bonds is 8. The number of carbonyl (C=O) groups excluding carboxylic acids is 1. The maximum atomic E-state index is 13.0. The van der Waals surface area contributed by atoms with Crippen LogP contribution in [0.3, 0.4) is 0 Å². The summed E-state index contributed by atoms with van der Waals surface area (Å²) in [6.45, 7) is 6.38. The molecule has 166 valence electrons. The molecule has 32 heavy (non-hydrogen) atoms. The van der Waals surface area contributed by atoms with E-state index in [-0.39, 0.29) is 5.69 Å². The second kappa shape index (κ2) is 9.96. The minimum absolute atomic E-state index is 0.255. The van der Waals surface area contributed by atoms with Gasteiger partial charge >= 0.3 is 0 Å². The monoisotopic (exact) mass is 433 g/mol. The van der Waals surface area contributed by atoms with Crippen molar-refractivity contribution in [2.45, 2.75) is 13.3 Å². The smallest absolute Gasteiger partial charge is 0.296 e. The zero-order chi connectivity index (χ0) is 23.3. The van der Waals surface area contributed by atoms with Crippen LogP contribution in [-0.2, 0) is 13.5 Å². The van der Waals surface area contributed by atoms with E-state index < -0.39 is 17.2 Å². The molecule has 0 saturated heterocycles. The molecule has 1 N–H and O–H groups in total. The molecule has 0 aliphatic carbocycles. The molecular formula is C25H27N3O4. The van der Waals surface area contributed by atoms with Crippen LogP contribution in [-0.4, -0.2) is 45.7 Å². The van der Waals surface area contributed by atoms with Crippen molar-refractivity contribution in [2.75, 3.05) is 20.2 Å². The Labute approximate surface area is 187 Å². The predicted molar refractivity (Wildman–Crippen MR) is 124 cm³/mol. The molecule has 0 aliphatic heterocycles. The van der Waals surface area contributed by atoms with Crippen LogP contribution in [0.5, 0.6) is 11.5 Å². The highest BCUT2D eigenvalue weighted by atomic mass is 16.5. The third-order valence-corrected chi connectivity index (χ3v) is 5.13. The SMILES string of the molecule is C=CCOc1cccc(CCN(C)C(=O)c2nc(-c3ccc(C)cc3)n(C)c(=O)c2O)c1. The Morgan fingerprint density at radius 2 is 1.97 bits per heavy atom. The molecule has 0 unspecified atom stereocenters. The maximum absolute atomic E-state index is 13.0. The zero-order valence-corrected chi connectivity index (χ0v) is 18.5. The lowest BCUT2D eigenvalue weighted by Gasteiger charge is -2.18. The number of aromatic nitrogens is 2. The Hall–Kier alpha value is -3.87. The lowest BCUT2D eigenvalue weighted by molar-refractivity contribution is 0.0787. The molecule has 0 bridgehead atoms. The number of hydrogen-bond donors (Lipinski definition) is 1. The third-order valence-electron chi connectivity index (χ3n) is 5.13. The van der Waals surface area contributed by atoms with Gasteiger partial charge in [0.25, 0.3) is 11.5 Å². The van der Waals surface area contributed by atoms with Gasteiger partial charge in [0.15, 0.2) is 5.69 Å². The summed E-state index contributed by atoms with van der Waals surface area (Å²) in [7, 11) is 3.13. The first-order valence-corrected chi connectivity index (χ1v) is 10.3. The fourth-order valence-electron chi connectivity index (χ4n) is 3.23. The zero-order valence-electron chi connectivity index (χ0n) is 18.5. The van der Waals surface area contributed by atoms with Gasteiger partial charge in [-0.15, -0.1) is 0 Å². The molecule has 3 aromatic rings. The Bertz CT molecular complexity index is 1180. The minimum atomic E-state index is -0.667. The number of aromatic hydroxyl groups is 1.